The molecular weight excluding hydrogens is 222 g/mol. The molecule has 1 rings (SSSR count). The second-order valence-corrected chi connectivity index (χ2v) is 5.02. The summed E-state index contributed by atoms with van der Waals surface area (Å²) < 4.78 is 5.85. The van der Waals surface area contributed by atoms with Gasteiger partial charge in [-0.25, -0.2) is 0 Å². The van der Waals surface area contributed by atoms with E-state index >= 15 is 0 Å². The molecule has 0 aromatic heterocycles. The second kappa shape index (κ2) is 8.98. The second-order valence-electron chi connectivity index (χ2n) is 5.02. The maximum Gasteiger partial charge on any atom is 0.119 e. The minimum Gasteiger partial charge on any atom is -0.492 e. The fraction of sp³-hybridized carbons (Fsp3) is 0.625. The molecule has 0 saturated heterocycles. The van der Waals surface area contributed by atoms with Crippen molar-refractivity contribution in [3.05, 3.63) is 30.3 Å². The van der Waals surface area contributed by atoms with Gasteiger partial charge in [-0.3, -0.25) is 0 Å². The van der Waals surface area contributed by atoms with Crippen molar-refractivity contribution in [2.24, 2.45) is 5.92 Å². The van der Waals surface area contributed by atoms with E-state index in [2.05, 4.69) is 26.1 Å². The largest absolute Gasteiger partial charge is 0.492 e. The zero-order valence-electron chi connectivity index (χ0n) is 12.0. The van der Waals surface area contributed by atoms with Crippen LogP contribution in [0.15, 0.2) is 30.3 Å². The van der Waals surface area contributed by atoms with E-state index in [4.69, 9.17) is 4.74 Å². The summed E-state index contributed by atoms with van der Waals surface area (Å²) in [5.41, 5.74) is 0. The number of rotatable bonds is 9. The molecule has 0 fully saturated rings. The van der Waals surface area contributed by atoms with E-state index in [9.17, 15) is 0 Å². The standard InChI is InChI=1S/C16H27NO/c1-4-11-17-15(12-14(3)5-2)13-18-16-9-7-6-8-10-16/h6-10,14-15,17H,4-5,11-13H2,1-3H3. The zero-order chi connectivity index (χ0) is 13.2. The molecule has 2 nitrogen and oxygen atoms in total. The highest BCUT2D eigenvalue weighted by molar-refractivity contribution is 5.20. The van der Waals surface area contributed by atoms with Crippen LogP contribution < -0.4 is 10.1 Å². The van der Waals surface area contributed by atoms with Crippen molar-refractivity contribution in [1.29, 1.82) is 0 Å². The Bertz CT molecular complexity index is 299. The first-order valence-corrected chi connectivity index (χ1v) is 7.17. The van der Waals surface area contributed by atoms with Crippen LogP contribution in [0, 0.1) is 5.92 Å². The third kappa shape index (κ3) is 6.06. The molecule has 1 aromatic carbocycles. The molecule has 0 aliphatic carbocycles. The molecule has 0 heterocycles. The molecule has 0 aliphatic rings. The van der Waals surface area contributed by atoms with Crippen molar-refractivity contribution in [2.45, 2.75) is 46.1 Å². The highest BCUT2D eigenvalue weighted by Crippen LogP contribution is 2.13. The Labute approximate surface area is 112 Å². The van der Waals surface area contributed by atoms with Gasteiger partial charge < -0.3 is 10.1 Å². The Hall–Kier alpha value is -1.02. The van der Waals surface area contributed by atoms with Gasteiger partial charge in [-0.15, -0.1) is 0 Å². The van der Waals surface area contributed by atoms with Gasteiger partial charge >= 0.3 is 0 Å². The average molecular weight is 249 g/mol. The Morgan fingerprint density at radius 3 is 2.50 bits per heavy atom. The summed E-state index contributed by atoms with van der Waals surface area (Å²) in [5, 5.41) is 3.58. The van der Waals surface area contributed by atoms with Gasteiger partial charge in [-0.2, -0.15) is 0 Å². The first-order chi connectivity index (χ1) is 8.76. The highest BCUT2D eigenvalue weighted by atomic mass is 16.5. The van der Waals surface area contributed by atoms with Gasteiger partial charge in [0.15, 0.2) is 0 Å². The minimum atomic E-state index is 0.458. The average Bonchev–Trinajstić information content (AvgIpc) is 2.42. The molecule has 2 atom stereocenters. The summed E-state index contributed by atoms with van der Waals surface area (Å²) in [4.78, 5) is 0. The summed E-state index contributed by atoms with van der Waals surface area (Å²) in [6, 6.07) is 10.5. The number of hydrogen-bond donors (Lipinski definition) is 1. The van der Waals surface area contributed by atoms with Crippen LogP contribution in [0.3, 0.4) is 0 Å². The fourth-order valence-corrected chi connectivity index (χ4v) is 1.92. The number of hydrogen-bond acceptors (Lipinski definition) is 2. The molecule has 2 heteroatoms. The molecule has 0 aliphatic heterocycles. The van der Waals surface area contributed by atoms with Crippen LogP contribution in [0.4, 0.5) is 0 Å². The van der Waals surface area contributed by atoms with E-state index in [1.165, 1.54) is 19.3 Å². The van der Waals surface area contributed by atoms with Crippen LogP contribution >= 0.6 is 0 Å². The van der Waals surface area contributed by atoms with Crippen molar-refractivity contribution in [1.82, 2.24) is 5.32 Å². The molecule has 0 bridgehead atoms. The van der Waals surface area contributed by atoms with Gasteiger partial charge in [-0.1, -0.05) is 45.4 Å². The first kappa shape index (κ1) is 15.0. The zero-order valence-corrected chi connectivity index (χ0v) is 12.0. The summed E-state index contributed by atoms with van der Waals surface area (Å²) in [5.74, 6) is 1.71. The van der Waals surface area contributed by atoms with Crippen LogP contribution in [0.25, 0.3) is 0 Å². The smallest absolute Gasteiger partial charge is 0.119 e. The monoisotopic (exact) mass is 249 g/mol. The normalized spacial score (nSPS) is 14.2. The Balaban J connectivity index is 2.39. The molecule has 0 spiro atoms. The summed E-state index contributed by atoms with van der Waals surface area (Å²) in [7, 11) is 0. The lowest BCUT2D eigenvalue weighted by atomic mass is 10.00. The fourth-order valence-electron chi connectivity index (χ4n) is 1.92. The molecule has 0 amide bonds. The summed E-state index contributed by atoms with van der Waals surface area (Å²) in [6.45, 7) is 8.59. The predicted molar refractivity (Wildman–Crippen MR) is 78.1 cm³/mol. The van der Waals surface area contributed by atoms with E-state index < -0.39 is 0 Å². The molecule has 0 radical (unpaired) electrons. The van der Waals surface area contributed by atoms with E-state index in [-0.39, 0.29) is 0 Å². The first-order valence-electron chi connectivity index (χ1n) is 7.17. The predicted octanol–water partition coefficient (Wildman–Crippen LogP) is 3.87. The van der Waals surface area contributed by atoms with E-state index in [1.807, 2.05) is 30.3 Å². The maximum atomic E-state index is 5.85. The van der Waals surface area contributed by atoms with Gasteiger partial charge in [0.25, 0.3) is 0 Å². The molecule has 1 N–H and O–H groups in total. The lowest BCUT2D eigenvalue weighted by Crippen LogP contribution is -2.36. The summed E-state index contributed by atoms with van der Waals surface area (Å²) in [6.07, 6.45) is 3.58. The number of nitrogens with one attached hydrogen (secondary N) is 1. The number of benzene rings is 1. The topological polar surface area (TPSA) is 21.3 Å². The van der Waals surface area contributed by atoms with Crippen molar-refractivity contribution in [3.63, 3.8) is 0 Å². The van der Waals surface area contributed by atoms with Gasteiger partial charge in [0.2, 0.25) is 0 Å². The van der Waals surface area contributed by atoms with Crippen molar-refractivity contribution < 1.29 is 4.74 Å². The Morgan fingerprint density at radius 1 is 1.17 bits per heavy atom. The molecule has 0 saturated carbocycles. The quantitative estimate of drug-likeness (QED) is 0.717. The van der Waals surface area contributed by atoms with E-state index in [0.717, 1.165) is 24.8 Å². The van der Waals surface area contributed by atoms with Gasteiger partial charge in [0, 0.05) is 6.04 Å². The van der Waals surface area contributed by atoms with Crippen molar-refractivity contribution >= 4 is 0 Å². The van der Waals surface area contributed by atoms with Crippen LogP contribution in [-0.2, 0) is 0 Å². The lowest BCUT2D eigenvalue weighted by Gasteiger charge is -2.22. The summed E-state index contributed by atoms with van der Waals surface area (Å²) >= 11 is 0. The third-order valence-corrected chi connectivity index (χ3v) is 3.26. The highest BCUT2D eigenvalue weighted by Gasteiger charge is 2.12. The van der Waals surface area contributed by atoms with Crippen LogP contribution in [-0.4, -0.2) is 19.2 Å². The van der Waals surface area contributed by atoms with Crippen LogP contribution in [0.2, 0.25) is 0 Å². The van der Waals surface area contributed by atoms with Crippen LogP contribution in [0.1, 0.15) is 40.0 Å². The van der Waals surface area contributed by atoms with Gasteiger partial charge in [-0.05, 0) is 37.4 Å². The van der Waals surface area contributed by atoms with Gasteiger partial charge in [0.1, 0.15) is 12.4 Å². The van der Waals surface area contributed by atoms with Crippen molar-refractivity contribution in [2.75, 3.05) is 13.2 Å². The number of para-hydroxylation sites is 1. The SMILES string of the molecule is CCCNC(COc1ccccc1)CC(C)CC. The Kier molecular flexibility index (Phi) is 7.51. The molecule has 18 heavy (non-hydrogen) atoms. The molecule has 2 unspecified atom stereocenters. The van der Waals surface area contributed by atoms with Gasteiger partial charge in [0.05, 0.1) is 0 Å². The van der Waals surface area contributed by atoms with Crippen LogP contribution in [0.5, 0.6) is 5.75 Å². The molecule has 102 valence electrons. The van der Waals surface area contributed by atoms with E-state index in [0.29, 0.717) is 6.04 Å². The minimum absolute atomic E-state index is 0.458. The molecule has 1 aromatic rings. The Morgan fingerprint density at radius 2 is 1.89 bits per heavy atom. The van der Waals surface area contributed by atoms with E-state index in [1.54, 1.807) is 0 Å². The lowest BCUT2D eigenvalue weighted by molar-refractivity contribution is 0.240. The third-order valence-electron chi connectivity index (χ3n) is 3.26. The maximum absolute atomic E-state index is 5.85. The molecular formula is C16H27NO. The van der Waals surface area contributed by atoms with Crippen molar-refractivity contribution in [3.8, 4) is 5.75 Å². The number of ether oxygens (including phenoxy) is 1.